The Morgan fingerprint density at radius 1 is 0.926 bits per heavy atom. The number of halogens is 4. The summed E-state index contributed by atoms with van der Waals surface area (Å²) in [6.45, 7) is 0. The Bertz CT molecular complexity index is 915. The van der Waals surface area contributed by atoms with Crippen LogP contribution in [-0.4, -0.2) is 17.1 Å². The molecule has 0 atom stereocenters. The molecule has 140 valence electrons. The SMILES string of the molecule is COc1ccc(Nc2ncc(C(F)(F)F)c(Nc3ccc(Br)cc3)n2)cc1. The maximum Gasteiger partial charge on any atom is 0.421 e. The van der Waals surface area contributed by atoms with Crippen molar-refractivity contribution in [2.45, 2.75) is 6.18 Å². The third kappa shape index (κ3) is 4.88. The van der Waals surface area contributed by atoms with Crippen molar-refractivity contribution in [1.82, 2.24) is 9.97 Å². The van der Waals surface area contributed by atoms with Gasteiger partial charge in [0.05, 0.1) is 7.11 Å². The van der Waals surface area contributed by atoms with Gasteiger partial charge in [-0.3, -0.25) is 0 Å². The Morgan fingerprint density at radius 3 is 2.11 bits per heavy atom. The number of nitrogens with zero attached hydrogens (tertiary/aromatic N) is 2. The highest BCUT2D eigenvalue weighted by molar-refractivity contribution is 9.10. The van der Waals surface area contributed by atoms with Crippen LogP contribution < -0.4 is 15.4 Å². The van der Waals surface area contributed by atoms with Crippen LogP contribution in [0.1, 0.15) is 5.56 Å². The molecular formula is C18H14BrF3N4O. The lowest BCUT2D eigenvalue weighted by molar-refractivity contribution is -0.137. The van der Waals surface area contributed by atoms with Gasteiger partial charge in [-0.2, -0.15) is 18.2 Å². The predicted octanol–water partition coefficient (Wildman–Crippen LogP) is 5.75. The van der Waals surface area contributed by atoms with Gasteiger partial charge in [-0.15, -0.1) is 0 Å². The van der Waals surface area contributed by atoms with Gasteiger partial charge in [0.25, 0.3) is 0 Å². The molecule has 0 saturated heterocycles. The van der Waals surface area contributed by atoms with Gasteiger partial charge in [0.15, 0.2) is 0 Å². The summed E-state index contributed by atoms with van der Waals surface area (Å²) in [5.74, 6) is 0.357. The summed E-state index contributed by atoms with van der Waals surface area (Å²) in [5, 5.41) is 5.58. The number of aromatic nitrogens is 2. The summed E-state index contributed by atoms with van der Waals surface area (Å²) in [6.07, 6.45) is -3.84. The van der Waals surface area contributed by atoms with E-state index in [9.17, 15) is 13.2 Å². The van der Waals surface area contributed by atoms with E-state index in [-0.39, 0.29) is 11.8 Å². The molecule has 0 saturated carbocycles. The van der Waals surface area contributed by atoms with Crippen molar-refractivity contribution in [3.05, 3.63) is 64.8 Å². The first-order valence-electron chi connectivity index (χ1n) is 7.73. The lowest BCUT2D eigenvalue weighted by Gasteiger charge is -2.15. The van der Waals surface area contributed by atoms with E-state index in [1.807, 2.05) is 0 Å². The number of nitrogens with one attached hydrogen (secondary N) is 2. The van der Waals surface area contributed by atoms with Crippen LogP contribution >= 0.6 is 15.9 Å². The molecule has 27 heavy (non-hydrogen) atoms. The fourth-order valence-corrected chi connectivity index (χ4v) is 2.48. The maximum atomic E-state index is 13.3. The molecule has 3 rings (SSSR count). The van der Waals surface area contributed by atoms with Crippen LogP contribution in [0.5, 0.6) is 5.75 Å². The molecule has 2 N–H and O–H groups in total. The second-order valence-corrected chi connectivity index (χ2v) is 6.35. The third-order valence-corrected chi connectivity index (χ3v) is 4.08. The quantitative estimate of drug-likeness (QED) is 0.530. The zero-order valence-corrected chi connectivity index (χ0v) is 15.6. The van der Waals surface area contributed by atoms with E-state index < -0.39 is 11.7 Å². The summed E-state index contributed by atoms with van der Waals surface area (Å²) in [4.78, 5) is 7.78. The third-order valence-electron chi connectivity index (χ3n) is 3.55. The highest BCUT2D eigenvalue weighted by atomic mass is 79.9. The topological polar surface area (TPSA) is 59.1 Å². The van der Waals surface area contributed by atoms with E-state index in [1.54, 1.807) is 55.6 Å². The lowest BCUT2D eigenvalue weighted by atomic mass is 10.2. The van der Waals surface area contributed by atoms with Crippen LogP contribution in [0, 0.1) is 0 Å². The van der Waals surface area contributed by atoms with Crippen molar-refractivity contribution in [3.63, 3.8) is 0 Å². The second kappa shape index (κ2) is 7.83. The van der Waals surface area contributed by atoms with Gasteiger partial charge >= 0.3 is 6.18 Å². The summed E-state index contributed by atoms with van der Waals surface area (Å²) in [7, 11) is 1.54. The zero-order chi connectivity index (χ0) is 19.4. The van der Waals surface area contributed by atoms with Gasteiger partial charge in [0.1, 0.15) is 17.1 Å². The van der Waals surface area contributed by atoms with Gasteiger partial charge in [0, 0.05) is 22.0 Å². The van der Waals surface area contributed by atoms with E-state index in [4.69, 9.17) is 4.74 Å². The van der Waals surface area contributed by atoms with E-state index in [0.29, 0.717) is 17.1 Å². The molecule has 0 aliphatic heterocycles. The molecule has 0 aliphatic rings. The molecule has 0 amide bonds. The molecule has 1 aromatic heterocycles. The maximum absolute atomic E-state index is 13.3. The van der Waals surface area contributed by atoms with Gasteiger partial charge in [-0.05, 0) is 48.5 Å². The van der Waals surface area contributed by atoms with E-state index in [0.717, 1.165) is 10.7 Å². The number of hydrogen-bond acceptors (Lipinski definition) is 5. The first kappa shape index (κ1) is 19.0. The van der Waals surface area contributed by atoms with E-state index in [1.165, 1.54) is 0 Å². The van der Waals surface area contributed by atoms with E-state index >= 15 is 0 Å². The predicted molar refractivity (Wildman–Crippen MR) is 101 cm³/mol. The molecule has 3 aromatic rings. The number of rotatable bonds is 5. The average molecular weight is 439 g/mol. The summed E-state index contributed by atoms with van der Waals surface area (Å²) in [6, 6.07) is 13.6. The van der Waals surface area contributed by atoms with Crippen LogP contribution in [0.2, 0.25) is 0 Å². The van der Waals surface area contributed by atoms with Gasteiger partial charge in [0.2, 0.25) is 5.95 Å². The molecule has 0 radical (unpaired) electrons. The number of hydrogen-bond donors (Lipinski definition) is 2. The number of methoxy groups -OCH3 is 1. The largest absolute Gasteiger partial charge is 0.497 e. The zero-order valence-electron chi connectivity index (χ0n) is 14.0. The lowest BCUT2D eigenvalue weighted by Crippen LogP contribution is -2.12. The monoisotopic (exact) mass is 438 g/mol. The Balaban J connectivity index is 1.90. The number of benzene rings is 2. The van der Waals surface area contributed by atoms with Crippen molar-refractivity contribution in [2.24, 2.45) is 0 Å². The number of anilines is 4. The van der Waals surface area contributed by atoms with Crippen molar-refractivity contribution in [2.75, 3.05) is 17.7 Å². The normalized spacial score (nSPS) is 11.1. The highest BCUT2D eigenvalue weighted by Crippen LogP contribution is 2.35. The molecule has 0 aliphatic carbocycles. The Hall–Kier alpha value is -2.81. The first-order valence-corrected chi connectivity index (χ1v) is 8.52. The Labute approximate surface area is 161 Å². The minimum Gasteiger partial charge on any atom is -0.497 e. The molecule has 1 heterocycles. The molecule has 0 bridgehead atoms. The minimum atomic E-state index is -4.59. The highest BCUT2D eigenvalue weighted by Gasteiger charge is 2.35. The van der Waals surface area contributed by atoms with E-state index in [2.05, 4.69) is 36.5 Å². The fraction of sp³-hybridized carbons (Fsp3) is 0.111. The standard InChI is InChI=1S/C18H14BrF3N4O/c1-27-14-8-6-13(7-9-14)25-17-23-10-15(18(20,21)22)16(26-17)24-12-4-2-11(19)3-5-12/h2-10H,1H3,(H2,23,24,25,26). The van der Waals surface area contributed by atoms with Gasteiger partial charge < -0.3 is 15.4 Å². The average Bonchev–Trinajstić information content (AvgIpc) is 2.63. The molecule has 0 spiro atoms. The second-order valence-electron chi connectivity index (χ2n) is 5.44. The number of alkyl halides is 3. The molecular weight excluding hydrogens is 425 g/mol. The van der Waals surface area contributed by atoms with Crippen LogP contribution in [0.25, 0.3) is 0 Å². The van der Waals surface area contributed by atoms with Gasteiger partial charge in [-0.1, -0.05) is 15.9 Å². The first-order chi connectivity index (χ1) is 12.8. The van der Waals surface area contributed by atoms with Gasteiger partial charge in [-0.25, -0.2) is 4.98 Å². The molecule has 5 nitrogen and oxygen atoms in total. The molecule has 0 fully saturated rings. The Morgan fingerprint density at radius 2 is 1.52 bits per heavy atom. The molecule has 2 aromatic carbocycles. The Kier molecular flexibility index (Phi) is 5.50. The summed E-state index contributed by atoms with van der Waals surface area (Å²) in [5.41, 5.74) is 0.133. The summed E-state index contributed by atoms with van der Waals surface area (Å²) >= 11 is 3.28. The van der Waals surface area contributed by atoms with Crippen molar-refractivity contribution in [1.29, 1.82) is 0 Å². The van der Waals surface area contributed by atoms with Crippen LogP contribution in [0.4, 0.5) is 36.3 Å². The minimum absolute atomic E-state index is 0.0350. The smallest absolute Gasteiger partial charge is 0.421 e. The summed E-state index contributed by atoms with van der Waals surface area (Å²) < 4.78 is 45.8. The van der Waals surface area contributed by atoms with Crippen LogP contribution in [0.15, 0.2) is 59.2 Å². The number of ether oxygens (including phenoxy) is 1. The van der Waals surface area contributed by atoms with Crippen molar-refractivity contribution < 1.29 is 17.9 Å². The van der Waals surface area contributed by atoms with Crippen LogP contribution in [0.3, 0.4) is 0 Å². The van der Waals surface area contributed by atoms with Crippen molar-refractivity contribution in [3.8, 4) is 5.75 Å². The fourth-order valence-electron chi connectivity index (χ4n) is 2.22. The molecule has 0 unspecified atom stereocenters. The molecule has 9 heteroatoms. The van der Waals surface area contributed by atoms with Crippen LogP contribution in [-0.2, 0) is 6.18 Å². The van der Waals surface area contributed by atoms with Crippen molar-refractivity contribution >= 4 is 39.1 Å².